The van der Waals surface area contributed by atoms with Gasteiger partial charge in [0.15, 0.2) is 0 Å². The van der Waals surface area contributed by atoms with Crippen molar-refractivity contribution in [3.05, 3.63) is 48.6 Å². The van der Waals surface area contributed by atoms with E-state index < -0.39 is 41.1 Å². The number of amides is 2. The third kappa shape index (κ3) is 4.57. The summed E-state index contributed by atoms with van der Waals surface area (Å²) < 4.78 is 12.4. The molecule has 2 saturated heterocycles. The maximum absolute atomic E-state index is 14.7. The molecule has 7 atom stereocenters. The number of fused-ring (bicyclic) bond motifs is 2. The molecule has 1 aromatic rings. The topological polar surface area (TPSA) is 99.6 Å². The number of cyclic esters (lactones) is 1. The van der Waals surface area contributed by atoms with Gasteiger partial charge < -0.3 is 29.3 Å². The van der Waals surface area contributed by atoms with Gasteiger partial charge in [0.25, 0.3) is 5.91 Å². The highest BCUT2D eigenvalue weighted by Gasteiger charge is 2.75. The molecule has 0 aromatic heterocycles. The Bertz CT molecular complexity index is 1230. The first-order valence-electron chi connectivity index (χ1n) is 15.0. The quantitative estimate of drug-likeness (QED) is 0.381. The van der Waals surface area contributed by atoms with Crippen LogP contribution < -0.4 is 9.80 Å². The van der Waals surface area contributed by atoms with E-state index in [1.165, 1.54) is 4.90 Å². The van der Waals surface area contributed by atoms with Crippen molar-refractivity contribution < 1.29 is 29.0 Å². The lowest BCUT2D eigenvalue weighted by Crippen LogP contribution is -2.60. The molecular weight excluding hydrogens is 522 g/mol. The highest BCUT2D eigenvalue weighted by atomic mass is 16.6. The monoisotopic (exact) mass is 565 g/mol. The summed E-state index contributed by atoms with van der Waals surface area (Å²) in [6, 6.07) is 6.20. The summed E-state index contributed by atoms with van der Waals surface area (Å²) in [5, 5.41) is 10.6. The fourth-order valence-corrected chi connectivity index (χ4v) is 7.26. The summed E-state index contributed by atoms with van der Waals surface area (Å²) in [6.45, 7) is 11.9. The summed E-state index contributed by atoms with van der Waals surface area (Å²) in [5.74, 6) is -3.11. The van der Waals surface area contributed by atoms with Crippen LogP contribution in [-0.4, -0.2) is 83.9 Å². The molecule has 1 spiro atoms. The van der Waals surface area contributed by atoms with Crippen LogP contribution in [0.15, 0.2) is 48.6 Å². The Balaban J connectivity index is 1.63. The van der Waals surface area contributed by atoms with E-state index in [0.717, 1.165) is 18.8 Å². The number of benzene rings is 1. The fraction of sp³-hybridized carbons (Fsp3) is 0.594. The van der Waals surface area contributed by atoms with Crippen molar-refractivity contribution in [3.8, 4) is 0 Å². The van der Waals surface area contributed by atoms with Crippen molar-refractivity contribution in [2.45, 2.75) is 70.7 Å². The number of hydrogen-bond donors (Lipinski definition) is 1. The molecule has 9 heteroatoms. The Morgan fingerprint density at radius 3 is 2.37 bits per heavy atom. The average molecular weight is 566 g/mol. The van der Waals surface area contributed by atoms with Crippen LogP contribution in [0.25, 0.3) is 0 Å². The second-order valence-electron chi connectivity index (χ2n) is 11.8. The molecule has 0 aliphatic carbocycles. The first-order valence-corrected chi connectivity index (χ1v) is 15.0. The summed E-state index contributed by atoms with van der Waals surface area (Å²) in [6.07, 6.45) is 8.71. The molecule has 1 unspecified atom stereocenters. The minimum absolute atomic E-state index is 0.0859. The van der Waals surface area contributed by atoms with E-state index in [1.54, 1.807) is 11.8 Å². The zero-order chi connectivity index (χ0) is 29.5. The number of carbonyl (C=O) groups is 3. The SMILES string of the molecule is CC[C@H](C)[C@H](CO)N1C(=O)[C@@H]2[C@H]3C(=O)OCCC=C[C@@]3(C)O[C@@]23C=CCN(c2ccc(N(CC)CC)cc2)C(=O)C13. The lowest BCUT2D eigenvalue weighted by Gasteiger charge is -2.41. The molecule has 0 saturated carbocycles. The molecule has 1 aromatic carbocycles. The first kappa shape index (κ1) is 29.3. The van der Waals surface area contributed by atoms with Crippen molar-refractivity contribution in [2.24, 2.45) is 17.8 Å². The van der Waals surface area contributed by atoms with Gasteiger partial charge in [-0.2, -0.15) is 0 Å². The van der Waals surface area contributed by atoms with Gasteiger partial charge in [0, 0.05) is 31.0 Å². The third-order valence-electron chi connectivity index (χ3n) is 9.59. The van der Waals surface area contributed by atoms with Crippen molar-refractivity contribution in [1.29, 1.82) is 0 Å². The average Bonchev–Trinajstić information content (AvgIpc) is 3.28. The number of anilines is 2. The lowest BCUT2D eigenvalue weighted by atomic mass is 9.74. The van der Waals surface area contributed by atoms with E-state index in [0.29, 0.717) is 18.5 Å². The second-order valence-corrected chi connectivity index (χ2v) is 11.8. The summed E-state index contributed by atoms with van der Waals surface area (Å²) in [5.41, 5.74) is -0.741. The van der Waals surface area contributed by atoms with Gasteiger partial charge in [-0.25, -0.2) is 0 Å². The van der Waals surface area contributed by atoms with Crippen molar-refractivity contribution >= 4 is 29.2 Å². The number of aliphatic hydroxyl groups is 1. The smallest absolute Gasteiger partial charge is 0.313 e. The zero-order valence-corrected chi connectivity index (χ0v) is 24.8. The molecule has 0 radical (unpaired) electrons. The van der Waals surface area contributed by atoms with Crippen molar-refractivity contribution in [3.63, 3.8) is 0 Å². The Labute approximate surface area is 242 Å². The highest BCUT2D eigenvalue weighted by Crippen LogP contribution is 2.58. The van der Waals surface area contributed by atoms with Crippen LogP contribution in [0, 0.1) is 17.8 Å². The second kappa shape index (κ2) is 11.2. The van der Waals surface area contributed by atoms with Gasteiger partial charge in [0.2, 0.25) is 5.91 Å². The van der Waals surface area contributed by atoms with Crippen LogP contribution in [0.4, 0.5) is 11.4 Å². The van der Waals surface area contributed by atoms with Crippen LogP contribution in [0.1, 0.15) is 47.5 Å². The Morgan fingerprint density at radius 2 is 1.73 bits per heavy atom. The molecule has 9 nitrogen and oxygen atoms in total. The maximum Gasteiger partial charge on any atom is 0.313 e. The van der Waals surface area contributed by atoms with Crippen LogP contribution in [0.3, 0.4) is 0 Å². The molecule has 4 aliphatic heterocycles. The number of hydrogen-bond acceptors (Lipinski definition) is 7. The Morgan fingerprint density at radius 1 is 1.02 bits per heavy atom. The fourth-order valence-electron chi connectivity index (χ4n) is 7.26. The number of carbonyl (C=O) groups excluding carboxylic acids is 3. The molecule has 41 heavy (non-hydrogen) atoms. The normalized spacial score (nSPS) is 32.4. The van der Waals surface area contributed by atoms with Crippen LogP contribution in [0.2, 0.25) is 0 Å². The van der Waals surface area contributed by atoms with Crippen LogP contribution in [0.5, 0.6) is 0 Å². The molecule has 2 fully saturated rings. The third-order valence-corrected chi connectivity index (χ3v) is 9.59. The summed E-state index contributed by atoms with van der Waals surface area (Å²) in [7, 11) is 0. The van der Waals surface area contributed by atoms with Gasteiger partial charge >= 0.3 is 5.97 Å². The maximum atomic E-state index is 14.7. The van der Waals surface area contributed by atoms with Crippen molar-refractivity contribution in [1.82, 2.24) is 4.90 Å². The number of aliphatic hydroxyl groups excluding tert-OH is 1. The Kier molecular flexibility index (Phi) is 8.05. The molecular formula is C32H43N3O6. The Hall–Kier alpha value is -3.17. The van der Waals surface area contributed by atoms with Gasteiger partial charge in [-0.1, -0.05) is 44.6 Å². The van der Waals surface area contributed by atoms with E-state index in [1.807, 2.05) is 62.4 Å². The van der Waals surface area contributed by atoms with Crippen LogP contribution in [-0.2, 0) is 23.9 Å². The van der Waals surface area contributed by atoms with Crippen molar-refractivity contribution in [2.75, 3.05) is 42.6 Å². The van der Waals surface area contributed by atoms with E-state index in [9.17, 15) is 19.5 Å². The first-order chi connectivity index (χ1) is 19.7. The largest absolute Gasteiger partial charge is 0.465 e. The van der Waals surface area contributed by atoms with Crippen LogP contribution >= 0.6 is 0 Å². The number of ether oxygens (including phenoxy) is 2. The molecule has 4 heterocycles. The van der Waals surface area contributed by atoms with E-state index in [2.05, 4.69) is 18.7 Å². The number of nitrogens with zero attached hydrogens (tertiary/aromatic N) is 3. The number of rotatable bonds is 8. The standard InChI is InChI=1S/C32H43N3O6/c1-6-21(4)24(20-36)35-27-29(38)34(23-14-12-22(13-15-23)33(7-2)8-3)18-11-17-32(27)25(28(35)37)26-30(39)40-19-10-9-16-31(26,5)41-32/h9,11-17,21,24-27,36H,6-8,10,18-20H2,1-5H3/t21-,24-,25-,26-,27?,31+,32-/m0/s1. The summed E-state index contributed by atoms with van der Waals surface area (Å²) >= 11 is 0. The zero-order valence-electron chi connectivity index (χ0n) is 24.8. The van der Waals surface area contributed by atoms with Gasteiger partial charge in [-0.05, 0) is 57.4 Å². The lowest BCUT2D eigenvalue weighted by molar-refractivity contribution is -0.160. The van der Waals surface area contributed by atoms with Gasteiger partial charge in [0.05, 0.1) is 30.8 Å². The van der Waals surface area contributed by atoms with Gasteiger partial charge in [0.1, 0.15) is 17.6 Å². The van der Waals surface area contributed by atoms with Gasteiger partial charge in [-0.15, -0.1) is 0 Å². The molecule has 1 N–H and O–H groups in total. The highest BCUT2D eigenvalue weighted by molar-refractivity contribution is 6.06. The molecule has 5 rings (SSSR count). The van der Waals surface area contributed by atoms with E-state index in [-0.39, 0.29) is 37.5 Å². The molecule has 222 valence electrons. The number of esters is 1. The van der Waals surface area contributed by atoms with E-state index in [4.69, 9.17) is 9.47 Å². The van der Waals surface area contributed by atoms with E-state index >= 15 is 0 Å². The van der Waals surface area contributed by atoms with Gasteiger partial charge in [-0.3, -0.25) is 14.4 Å². The minimum Gasteiger partial charge on any atom is -0.465 e. The predicted octanol–water partition coefficient (Wildman–Crippen LogP) is 3.32. The minimum atomic E-state index is -1.39. The predicted molar refractivity (Wildman–Crippen MR) is 156 cm³/mol. The molecule has 4 aliphatic rings. The molecule has 0 bridgehead atoms. The molecule has 2 amide bonds. The number of likely N-dealkylation sites (tertiary alicyclic amines) is 1. The summed E-state index contributed by atoms with van der Waals surface area (Å²) in [4.78, 5) is 48.1.